The maximum Gasteiger partial charge on any atom is 0.338 e. The first-order valence-electron chi connectivity index (χ1n) is 4.53. The molecule has 0 saturated carbocycles. The predicted molar refractivity (Wildman–Crippen MR) is 62.2 cm³/mol. The molecule has 3 nitrogen and oxygen atoms in total. The molecule has 0 aliphatic heterocycles. The molecule has 5 heteroatoms. The maximum atomic E-state index is 11.4. The number of alkyl halides is 1. The van der Waals surface area contributed by atoms with Crippen molar-refractivity contribution in [3.63, 3.8) is 0 Å². The minimum Gasteiger partial charge on any atom is -0.465 e. The molecular formula is C11H10Cl2O3. The summed E-state index contributed by atoms with van der Waals surface area (Å²) in [6.45, 7) is 0. The van der Waals surface area contributed by atoms with Crippen LogP contribution in [0.4, 0.5) is 0 Å². The second-order valence-corrected chi connectivity index (χ2v) is 3.78. The summed E-state index contributed by atoms with van der Waals surface area (Å²) in [6.07, 6.45) is 0.0353. The molecule has 0 spiro atoms. The normalized spacial score (nSPS) is 9.94. The molecule has 0 fully saturated rings. The number of ketones is 1. The Kier molecular flexibility index (Phi) is 4.77. The number of halogens is 2. The highest BCUT2D eigenvalue weighted by Crippen LogP contribution is 2.21. The molecule has 0 amide bonds. The Labute approximate surface area is 103 Å². The first-order valence-corrected chi connectivity index (χ1v) is 5.44. The number of esters is 1. The highest BCUT2D eigenvalue weighted by atomic mass is 35.5. The van der Waals surface area contributed by atoms with Crippen molar-refractivity contribution in [1.29, 1.82) is 0 Å². The van der Waals surface area contributed by atoms with E-state index in [0.29, 0.717) is 16.1 Å². The number of hydrogen-bond acceptors (Lipinski definition) is 3. The van der Waals surface area contributed by atoms with E-state index < -0.39 is 5.97 Å². The van der Waals surface area contributed by atoms with Crippen LogP contribution in [0.5, 0.6) is 0 Å². The third kappa shape index (κ3) is 2.97. The van der Waals surface area contributed by atoms with Crippen molar-refractivity contribution < 1.29 is 14.3 Å². The van der Waals surface area contributed by atoms with E-state index in [4.69, 9.17) is 23.2 Å². The molecule has 0 heterocycles. The van der Waals surface area contributed by atoms with Gasteiger partial charge in [0.25, 0.3) is 0 Å². The van der Waals surface area contributed by atoms with Gasteiger partial charge in [0, 0.05) is 11.4 Å². The second kappa shape index (κ2) is 5.87. The van der Waals surface area contributed by atoms with Crippen LogP contribution in [0, 0.1) is 0 Å². The lowest BCUT2D eigenvalue weighted by Crippen LogP contribution is -2.11. The summed E-state index contributed by atoms with van der Waals surface area (Å²) >= 11 is 11.3. The zero-order valence-corrected chi connectivity index (χ0v) is 10.1. The third-order valence-corrected chi connectivity index (χ3v) is 2.70. The van der Waals surface area contributed by atoms with Gasteiger partial charge in [-0.1, -0.05) is 17.7 Å². The van der Waals surface area contributed by atoms with E-state index in [-0.39, 0.29) is 18.1 Å². The number of hydrogen-bond donors (Lipinski definition) is 0. The number of methoxy groups -OCH3 is 1. The summed E-state index contributed by atoms with van der Waals surface area (Å²) in [7, 11) is 1.27. The Balaban J connectivity index is 3.13. The molecular weight excluding hydrogens is 251 g/mol. The van der Waals surface area contributed by atoms with Gasteiger partial charge in [0.1, 0.15) is 0 Å². The molecule has 0 N–H and O–H groups in total. The molecule has 0 aromatic heterocycles. The molecule has 0 bridgehead atoms. The smallest absolute Gasteiger partial charge is 0.338 e. The van der Waals surface area contributed by atoms with Crippen LogP contribution in [0.2, 0.25) is 5.02 Å². The van der Waals surface area contributed by atoms with Crippen LogP contribution in [0.1, 0.15) is 15.9 Å². The summed E-state index contributed by atoms with van der Waals surface area (Å²) in [5.41, 5.74) is 0.759. The Morgan fingerprint density at radius 2 is 2.06 bits per heavy atom. The Morgan fingerprint density at radius 3 is 2.62 bits per heavy atom. The second-order valence-electron chi connectivity index (χ2n) is 3.11. The van der Waals surface area contributed by atoms with E-state index in [1.807, 2.05) is 0 Å². The number of ether oxygens (including phenoxy) is 1. The van der Waals surface area contributed by atoms with Gasteiger partial charge in [0.15, 0.2) is 5.78 Å². The summed E-state index contributed by atoms with van der Waals surface area (Å²) < 4.78 is 4.61. The largest absolute Gasteiger partial charge is 0.465 e. The van der Waals surface area contributed by atoms with Crippen LogP contribution >= 0.6 is 23.2 Å². The number of benzene rings is 1. The highest BCUT2D eigenvalue weighted by molar-refractivity contribution is 6.32. The lowest BCUT2D eigenvalue weighted by molar-refractivity contribution is -0.116. The zero-order valence-electron chi connectivity index (χ0n) is 8.63. The predicted octanol–water partition coefficient (Wildman–Crippen LogP) is 2.48. The Bertz CT molecular complexity index is 416. The molecule has 16 heavy (non-hydrogen) atoms. The number of carbonyl (C=O) groups excluding carboxylic acids is 2. The minimum atomic E-state index is -0.514. The van der Waals surface area contributed by atoms with Crippen LogP contribution in [0.15, 0.2) is 18.2 Å². The van der Waals surface area contributed by atoms with E-state index in [1.165, 1.54) is 7.11 Å². The van der Waals surface area contributed by atoms with Gasteiger partial charge in [-0.05, 0) is 17.7 Å². The van der Waals surface area contributed by atoms with Gasteiger partial charge >= 0.3 is 5.97 Å². The van der Waals surface area contributed by atoms with Gasteiger partial charge in [-0.25, -0.2) is 4.79 Å². The first kappa shape index (κ1) is 13.0. The third-order valence-electron chi connectivity index (χ3n) is 2.05. The van der Waals surface area contributed by atoms with Crippen LogP contribution in [0.3, 0.4) is 0 Å². The van der Waals surface area contributed by atoms with Crippen LogP contribution in [-0.2, 0) is 16.0 Å². The number of Topliss-reactive ketones (excluding diaryl/α,β-unsaturated/α-hetero) is 1. The fourth-order valence-electron chi connectivity index (χ4n) is 1.28. The molecule has 0 atom stereocenters. The fourth-order valence-corrected chi connectivity index (χ4v) is 1.62. The number of rotatable bonds is 4. The minimum absolute atomic E-state index is 0.0353. The summed E-state index contributed by atoms with van der Waals surface area (Å²) in [5, 5.41) is 0.362. The van der Waals surface area contributed by atoms with E-state index in [1.54, 1.807) is 18.2 Å². The van der Waals surface area contributed by atoms with Crippen LogP contribution < -0.4 is 0 Å². The lowest BCUT2D eigenvalue weighted by atomic mass is 10.0. The molecule has 1 rings (SSSR count). The maximum absolute atomic E-state index is 11.4. The summed E-state index contributed by atoms with van der Waals surface area (Å²) in [5.74, 6) is -0.814. The van der Waals surface area contributed by atoms with Crippen molar-refractivity contribution in [3.05, 3.63) is 34.3 Å². The standard InChI is InChI=1S/C11H10Cl2O3/c1-16-11(15)8-3-2-4-10(13)9(8)5-7(14)6-12/h2-4H,5-6H2,1H3. The molecule has 0 aliphatic rings. The monoisotopic (exact) mass is 260 g/mol. The van der Waals surface area contributed by atoms with Gasteiger partial charge in [0.05, 0.1) is 18.6 Å². The van der Waals surface area contributed by atoms with E-state index in [0.717, 1.165) is 0 Å². The van der Waals surface area contributed by atoms with Gasteiger partial charge in [0.2, 0.25) is 0 Å². The molecule has 1 aromatic rings. The average Bonchev–Trinajstić information content (AvgIpc) is 2.30. The molecule has 0 unspecified atom stereocenters. The van der Waals surface area contributed by atoms with Crippen molar-refractivity contribution in [2.45, 2.75) is 6.42 Å². The number of carbonyl (C=O) groups is 2. The lowest BCUT2D eigenvalue weighted by Gasteiger charge is -2.08. The zero-order chi connectivity index (χ0) is 12.1. The van der Waals surface area contributed by atoms with E-state index in [2.05, 4.69) is 4.74 Å². The first-order chi connectivity index (χ1) is 7.60. The van der Waals surface area contributed by atoms with Crippen molar-refractivity contribution in [2.75, 3.05) is 13.0 Å². The molecule has 86 valence electrons. The molecule has 0 saturated heterocycles. The van der Waals surface area contributed by atoms with E-state index >= 15 is 0 Å². The van der Waals surface area contributed by atoms with Crippen LogP contribution in [-0.4, -0.2) is 24.7 Å². The van der Waals surface area contributed by atoms with E-state index in [9.17, 15) is 9.59 Å². The quantitative estimate of drug-likeness (QED) is 0.617. The van der Waals surface area contributed by atoms with Gasteiger partial charge in [-0.2, -0.15) is 0 Å². The SMILES string of the molecule is COC(=O)c1cccc(Cl)c1CC(=O)CCl. The molecule has 1 aromatic carbocycles. The Hall–Kier alpha value is -1.06. The van der Waals surface area contributed by atoms with Gasteiger partial charge < -0.3 is 4.74 Å². The topological polar surface area (TPSA) is 43.4 Å². The van der Waals surface area contributed by atoms with Crippen molar-refractivity contribution in [1.82, 2.24) is 0 Å². The van der Waals surface area contributed by atoms with Gasteiger partial charge in [-0.3, -0.25) is 4.79 Å². The van der Waals surface area contributed by atoms with Crippen LogP contribution in [0.25, 0.3) is 0 Å². The van der Waals surface area contributed by atoms with Crippen molar-refractivity contribution in [3.8, 4) is 0 Å². The molecule has 0 radical (unpaired) electrons. The summed E-state index contributed by atoms with van der Waals surface area (Å²) in [4.78, 5) is 22.7. The summed E-state index contributed by atoms with van der Waals surface area (Å²) in [6, 6.07) is 4.81. The van der Waals surface area contributed by atoms with Gasteiger partial charge in [-0.15, -0.1) is 11.6 Å². The Morgan fingerprint density at radius 1 is 1.38 bits per heavy atom. The fraction of sp³-hybridized carbons (Fsp3) is 0.273. The molecule has 0 aliphatic carbocycles. The van der Waals surface area contributed by atoms with Crippen molar-refractivity contribution in [2.24, 2.45) is 0 Å². The average molecular weight is 261 g/mol. The van der Waals surface area contributed by atoms with Crippen molar-refractivity contribution >= 4 is 35.0 Å². The highest BCUT2D eigenvalue weighted by Gasteiger charge is 2.16.